The van der Waals surface area contributed by atoms with E-state index in [-0.39, 0.29) is 12.5 Å². The average Bonchev–Trinajstić information content (AvgIpc) is 2.98. The molecule has 1 fully saturated rings. The van der Waals surface area contributed by atoms with Gasteiger partial charge in [0.2, 0.25) is 5.95 Å². The minimum absolute atomic E-state index is 0.173. The third-order valence-corrected chi connectivity index (χ3v) is 4.02. The molecule has 1 aliphatic rings. The predicted octanol–water partition coefficient (Wildman–Crippen LogP) is 0.982. The number of carbonyl (C=O) groups is 1. The molecule has 1 amide bonds. The van der Waals surface area contributed by atoms with Gasteiger partial charge in [0.1, 0.15) is 17.2 Å². The van der Waals surface area contributed by atoms with E-state index >= 15 is 0 Å². The van der Waals surface area contributed by atoms with Gasteiger partial charge in [-0.1, -0.05) is 6.07 Å². The molecule has 1 aromatic carbocycles. The first-order valence-corrected chi connectivity index (χ1v) is 7.48. The van der Waals surface area contributed by atoms with Crippen molar-refractivity contribution in [2.24, 2.45) is 5.92 Å². The SMILES string of the molecule is O=C(N[C@@H]1CN(c2ncccn2)C[C@H]1CO)c1c(F)cccc1F. The summed E-state index contributed by atoms with van der Waals surface area (Å²) >= 11 is 0. The molecule has 0 unspecified atom stereocenters. The van der Waals surface area contributed by atoms with Crippen molar-refractivity contribution in [1.82, 2.24) is 15.3 Å². The second-order valence-electron chi connectivity index (χ2n) is 5.57. The van der Waals surface area contributed by atoms with E-state index in [1.54, 1.807) is 18.5 Å². The Bertz CT molecular complexity index is 709. The van der Waals surface area contributed by atoms with Gasteiger partial charge < -0.3 is 15.3 Å². The fourth-order valence-electron chi connectivity index (χ4n) is 2.79. The Hall–Kier alpha value is -2.61. The fraction of sp³-hybridized carbons (Fsp3) is 0.312. The normalized spacial score (nSPS) is 20.2. The zero-order valence-electron chi connectivity index (χ0n) is 12.7. The van der Waals surface area contributed by atoms with Crippen LogP contribution in [0.25, 0.3) is 0 Å². The first-order chi connectivity index (χ1) is 11.6. The summed E-state index contributed by atoms with van der Waals surface area (Å²) < 4.78 is 27.4. The molecule has 0 radical (unpaired) electrons. The smallest absolute Gasteiger partial charge is 0.257 e. The third-order valence-electron chi connectivity index (χ3n) is 4.02. The molecule has 1 aliphatic heterocycles. The lowest BCUT2D eigenvalue weighted by atomic mass is 10.0. The maximum absolute atomic E-state index is 13.7. The standard InChI is InChI=1S/C16H16F2N4O2/c17-11-3-1-4-12(18)14(11)15(24)21-13-8-22(7-10(13)9-23)16-19-5-2-6-20-16/h1-6,10,13,23H,7-9H2,(H,21,24)/t10-,13+/m0/s1. The summed E-state index contributed by atoms with van der Waals surface area (Å²) in [7, 11) is 0. The number of nitrogens with one attached hydrogen (secondary N) is 1. The highest BCUT2D eigenvalue weighted by atomic mass is 19.1. The molecule has 8 heteroatoms. The zero-order chi connectivity index (χ0) is 17.1. The molecular formula is C16H16F2N4O2. The van der Waals surface area contributed by atoms with E-state index in [0.29, 0.717) is 19.0 Å². The molecule has 126 valence electrons. The van der Waals surface area contributed by atoms with Gasteiger partial charge in [0.25, 0.3) is 5.91 Å². The van der Waals surface area contributed by atoms with Crippen LogP contribution in [-0.2, 0) is 0 Å². The lowest BCUT2D eigenvalue weighted by Crippen LogP contribution is -2.42. The van der Waals surface area contributed by atoms with E-state index < -0.39 is 29.1 Å². The average molecular weight is 334 g/mol. The van der Waals surface area contributed by atoms with Crippen LogP contribution in [-0.4, -0.2) is 46.7 Å². The van der Waals surface area contributed by atoms with E-state index in [1.807, 2.05) is 4.90 Å². The largest absolute Gasteiger partial charge is 0.396 e. The number of halogens is 2. The number of nitrogens with zero attached hydrogens (tertiary/aromatic N) is 3. The fourth-order valence-corrected chi connectivity index (χ4v) is 2.79. The number of hydrogen-bond acceptors (Lipinski definition) is 5. The van der Waals surface area contributed by atoms with Gasteiger partial charge in [-0.05, 0) is 18.2 Å². The van der Waals surface area contributed by atoms with E-state index in [2.05, 4.69) is 15.3 Å². The van der Waals surface area contributed by atoms with Crippen molar-refractivity contribution in [3.63, 3.8) is 0 Å². The molecule has 3 rings (SSSR count). The van der Waals surface area contributed by atoms with Crippen LogP contribution >= 0.6 is 0 Å². The third kappa shape index (κ3) is 3.18. The summed E-state index contributed by atoms with van der Waals surface area (Å²) in [6, 6.07) is 4.47. The van der Waals surface area contributed by atoms with Crippen LogP contribution in [0.4, 0.5) is 14.7 Å². The molecule has 0 spiro atoms. The van der Waals surface area contributed by atoms with E-state index in [0.717, 1.165) is 12.1 Å². The number of carbonyl (C=O) groups excluding carboxylic acids is 1. The second-order valence-corrected chi connectivity index (χ2v) is 5.57. The molecule has 2 atom stereocenters. The van der Waals surface area contributed by atoms with Crippen molar-refractivity contribution < 1.29 is 18.7 Å². The number of hydrogen-bond donors (Lipinski definition) is 2. The number of benzene rings is 1. The maximum Gasteiger partial charge on any atom is 0.257 e. The Morgan fingerprint density at radius 3 is 2.50 bits per heavy atom. The van der Waals surface area contributed by atoms with Gasteiger partial charge in [-0.15, -0.1) is 0 Å². The van der Waals surface area contributed by atoms with Crippen molar-refractivity contribution >= 4 is 11.9 Å². The van der Waals surface area contributed by atoms with Crippen LogP contribution in [0.3, 0.4) is 0 Å². The van der Waals surface area contributed by atoms with Crippen molar-refractivity contribution in [3.8, 4) is 0 Å². The molecule has 2 N–H and O–H groups in total. The Kier molecular flexibility index (Phi) is 4.66. The summed E-state index contributed by atoms with van der Waals surface area (Å²) in [5, 5.41) is 12.1. The highest BCUT2D eigenvalue weighted by molar-refractivity contribution is 5.95. The maximum atomic E-state index is 13.7. The topological polar surface area (TPSA) is 78.4 Å². The Morgan fingerprint density at radius 2 is 1.88 bits per heavy atom. The first kappa shape index (κ1) is 16.3. The number of aliphatic hydroxyl groups is 1. The summed E-state index contributed by atoms with van der Waals surface area (Å²) in [6.45, 7) is 0.607. The number of amides is 1. The monoisotopic (exact) mass is 334 g/mol. The molecule has 2 heterocycles. The van der Waals surface area contributed by atoms with Crippen LogP contribution in [0.1, 0.15) is 10.4 Å². The summed E-state index contributed by atoms with van der Waals surface area (Å²) in [5.41, 5.74) is -0.622. The molecule has 6 nitrogen and oxygen atoms in total. The van der Waals surface area contributed by atoms with Crippen LogP contribution in [0.5, 0.6) is 0 Å². The van der Waals surface area contributed by atoms with Crippen LogP contribution in [0.15, 0.2) is 36.7 Å². The van der Waals surface area contributed by atoms with Gasteiger partial charge in [0.15, 0.2) is 0 Å². The Balaban J connectivity index is 1.75. The van der Waals surface area contributed by atoms with Gasteiger partial charge in [0.05, 0.1) is 6.04 Å². The van der Waals surface area contributed by atoms with Gasteiger partial charge >= 0.3 is 0 Å². The molecule has 1 aromatic heterocycles. The summed E-state index contributed by atoms with van der Waals surface area (Å²) in [6.07, 6.45) is 3.19. The van der Waals surface area contributed by atoms with Crippen LogP contribution in [0.2, 0.25) is 0 Å². The molecule has 1 saturated heterocycles. The van der Waals surface area contributed by atoms with E-state index in [1.165, 1.54) is 6.07 Å². The van der Waals surface area contributed by atoms with Gasteiger partial charge in [-0.25, -0.2) is 18.7 Å². The highest BCUT2D eigenvalue weighted by Gasteiger charge is 2.35. The number of anilines is 1. The van der Waals surface area contributed by atoms with Crippen molar-refractivity contribution in [2.75, 3.05) is 24.6 Å². The van der Waals surface area contributed by atoms with Gasteiger partial charge in [-0.2, -0.15) is 0 Å². The van der Waals surface area contributed by atoms with Crippen LogP contribution in [0, 0.1) is 17.6 Å². The van der Waals surface area contributed by atoms with Gasteiger partial charge in [0, 0.05) is 38.0 Å². The minimum Gasteiger partial charge on any atom is -0.396 e. The highest BCUT2D eigenvalue weighted by Crippen LogP contribution is 2.21. The Morgan fingerprint density at radius 1 is 1.21 bits per heavy atom. The summed E-state index contributed by atoms with van der Waals surface area (Å²) in [4.78, 5) is 22.3. The Labute approximate surface area is 137 Å². The minimum atomic E-state index is -0.922. The number of aromatic nitrogens is 2. The molecule has 0 bridgehead atoms. The van der Waals surface area contributed by atoms with Crippen molar-refractivity contribution in [1.29, 1.82) is 0 Å². The quantitative estimate of drug-likeness (QED) is 0.872. The summed E-state index contributed by atoms with van der Waals surface area (Å²) in [5.74, 6) is -2.49. The molecular weight excluding hydrogens is 318 g/mol. The lowest BCUT2D eigenvalue weighted by Gasteiger charge is -2.18. The molecule has 24 heavy (non-hydrogen) atoms. The first-order valence-electron chi connectivity index (χ1n) is 7.48. The number of rotatable bonds is 4. The molecule has 0 aliphatic carbocycles. The zero-order valence-corrected chi connectivity index (χ0v) is 12.7. The number of aliphatic hydroxyl groups excluding tert-OH is 1. The molecule has 0 saturated carbocycles. The van der Waals surface area contributed by atoms with Gasteiger partial charge in [-0.3, -0.25) is 4.79 Å². The van der Waals surface area contributed by atoms with E-state index in [9.17, 15) is 18.7 Å². The van der Waals surface area contributed by atoms with Crippen molar-refractivity contribution in [2.45, 2.75) is 6.04 Å². The van der Waals surface area contributed by atoms with Crippen LogP contribution < -0.4 is 10.2 Å². The lowest BCUT2D eigenvalue weighted by molar-refractivity contribution is 0.0913. The predicted molar refractivity (Wildman–Crippen MR) is 82.4 cm³/mol. The molecule has 2 aromatic rings. The second kappa shape index (κ2) is 6.88. The van der Waals surface area contributed by atoms with E-state index in [4.69, 9.17) is 0 Å². The van der Waals surface area contributed by atoms with Crippen molar-refractivity contribution in [3.05, 3.63) is 53.9 Å².